The number of carboxylic acids is 3. The third-order valence-electron chi connectivity index (χ3n) is 12.3. The van der Waals surface area contributed by atoms with Gasteiger partial charge in [-0.05, 0) is 76.0 Å². The molecule has 1 aromatic carbocycles. The fourth-order valence-electron chi connectivity index (χ4n) is 8.26. The number of benzene rings is 1. The van der Waals surface area contributed by atoms with Crippen LogP contribution in [0.15, 0.2) is 24.3 Å². The molecule has 33 heteroatoms. The second-order valence-corrected chi connectivity index (χ2v) is 19.5. The van der Waals surface area contributed by atoms with Gasteiger partial charge in [0.25, 0.3) is 0 Å². The summed E-state index contributed by atoms with van der Waals surface area (Å²) in [5, 5.41) is 51.8. The van der Waals surface area contributed by atoms with Crippen LogP contribution >= 0.6 is 7.82 Å². The first-order valence-corrected chi connectivity index (χ1v) is 25.9. The number of amides is 10. The molecule has 10 amide bonds. The van der Waals surface area contributed by atoms with E-state index in [1.54, 1.807) is 0 Å². The molecule has 0 unspecified atom stereocenters. The molecule has 2 saturated heterocycles. The van der Waals surface area contributed by atoms with Gasteiger partial charge in [0.05, 0.1) is 12.6 Å². The molecule has 0 radical (unpaired) electrons. The Morgan fingerprint density at radius 3 is 1.55 bits per heavy atom. The summed E-state index contributed by atoms with van der Waals surface area (Å²) in [6.45, 7) is 0.270. The van der Waals surface area contributed by atoms with Gasteiger partial charge in [0.2, 0.25) is 59.1 Å². The number of primary amides is 2. The standard InChI is InChI=1S/C45H66N11O21P/c1-22(57)37(47)43(71)53-28(13-17-36(64)65)45(73)56-19-3-5-31(56)42(70)51-26(12-16-35(62)63)39(67)54-29(20-23-6-8-24(9-7-23)77-78(74,75)76)40(68)52-27(10-14-32(46)58)44(72)55-18-2-4-30(55)41(69)49-21-33(59)50-25(38(48)66)11-15-34(60)61/h6-9,22,25-31,37,57H,2-5,10-21,47H2,1H3,(H2,46,58)(H2,48,66)(H,49,69)(H,50,59)(H,51,70)(H,52,68)(H,53,71)(H,54,67)(H,60,61)(H,62,63)(H,64,65)(H2,74,75,76)/t22-,25+,26+,27+,28+,29+,30+,31+,37+/m1/s1. The second-order valence-electron chi connectivity index (χ2n) is 18.4. The number of rotatable bonds is 32. The Balaban J connectivity index is 1.95. The van der Waals surface area contributed by atoms with Crippen LogP contribution < -0.4 is 53.6 Å². The van der Waals surface area contributed by atoms with Crippen LogP contribution in [0, 0.1) is 0 Å². The van der Waals surface area contributed by atoms with Crippen LogP contribution in [0.2, 0.25) is 0 Å². The maximum atomic E-state index is 14.4. The zero-order valence-electron chi connectivity index (χ0n) is 42.2. The number of nitrogens with zero attached hydrogens (tertiary/aromatic N) is 2. The number of phosphoric ester groups is 1. The predicted octanol–water partition coefficient (Wildman–Crippen LogP) is -5.72. The number of nitrogens with two attached hydrogens (primary N) is 3. The first kappa shape index (κ1) is 64.5. The quantitative estimate of drug-likeness (QED) is 0.0299. The summed E-state index contributed by atoms with van der Waals surface area (Å²) in [6, 6.07) is -7.64. The minimum Gasteiger partial charge on any atom is -0.481 e. The van der Waals surface area contributed by atoms with E-state index < -0.39 is 197 Å². The van der Waals surface area contributed by atoms with Crippen LogP contribution in [0.1, 0.15) is 89.5 Å². The molecule has 2 aliphatic rings. The lowest BCUT2D eigenvalue weighted by atomic mass is 10.0. The van der Waals surface area contributed by atoms with Crippen molar-refractivity contribution in [3.05, 3.63) is 29.8 Å². The van der Waals surface area contributed by atoms with Gasteiger partial charge in [-0.3, -0.25) is 72.1 Å². The zero-order chi connectivity index (χ0) is 58.6. The number of aliphatic hydroxyl groups excluding tert-OH is 1. The molecule has 0 bridgehead atoms. The Hall–Kier alpha value is -7.80. The number of phosphoric acid groups is 1. The summed E-state index contributed by atoms with van der Waals surface area (Å²) < 4.78 is 16.0. The lowest BCUT2D eigenvalue weighted by molar-refractivity contribution is -0.144. The summed E-state index contributed by atoms with van der Waals surface area (Å²) >= 11 is 0. The van der Waals surface area contributed by atoms with Gasteiger partial charge in [-0.15, -0.1) is 0 Å². The first-order valence-electron chi connectivity index (χ1n) is 24.4. The predicted molar refractivity (Wildman–Crippen MR) is 263 cm³/mol. The summed E-state index contributed by atoms with van der Waals surface area (Å²) in [5.41, 5.74) is 16.5. The lowest BCUT2D eigenvalue weighted by Crippen LogP contribution is -2.60. The van der Waals surface area contributed by atoms with E-state index in [1.807, 2.05) is 0 Å². The van der Waals surface area contributed by atoms with Crippen molar-refractivity contribution in [1.29, 1.82) is 0 Å². The summed E-state index contributed by atoms with van der Waals surface area (Å²) in [6.07, 6.45) is -5.79. The van der Waals surface area contributed by atoms with Gasteiger partial charge in [0.1, 0.15) is 54.1 Å². The Morgan fingerprint density at radius 2 is 1.08 bits per heavy atom. The van der Waals surface area contributed by atoms with E-state index in [1.165, 1.54) is 19.1 Å². The zero-order valence-corrected chi connectivity index (χ0v) is 43.1. The van der Waals surface area contributed by atoms with Crippen molar-refractivity contribution in [2.75, 3.05) is 19.6 Å². The van der Waals surface area contributed by atoms with Gasteiger partial charge < -0.3 is 83.9 Å². The smallest absolute Gasteiger partial charge is 0.481 e. The average Bonchev–Trinajstić information content (AvgIpc) is 4.07. The molecule has 0 aliphatic carbocycles. The largest absolute Gasteiger partial charge is 0.524 e. The maximum Gasteiger partial charge on any atom is 0.524 e. The summed E-state index contributed by atoms with van der Waals surface area (Å²) in [4.78, 5) is 188. The van der Waals surface area contributed by atoms with Gasteiger partial charge >= 0.3 is 25.7 Å². The fraction of sp³-hybridized carbons (Fsp3) is 0.578. The number of carbonyl (C=O) groups is 13. The third-order valence-corrected chi connectivity index (χ3v) is 12.8. The highest BCUT2D eigenvalue weighted by molar-refractivity contribution is 7.46. The molecule has 9 atom stereocenters. The number of likely N-dealkylation sites (tertiary alicyclic amines) is 2. The Bertz CT molecular complexity index is 2460. The minimum atomic E-state index is -5.04. The summed E-state index contributed by atoms with van der Waals surface area (Å²) in [5.74, 6) is -14.3. The van der Waals surface area contributed by atoms with E-state index in [0.717, 1.165) is 21.9 Å². The number of hydrogen-bond donors (Lipinski definition) is 15. The van der Waals surface area contributed by atoms with Crippen molar-refractivity contribution in [3.8, 4) is 5.75 Å². The van der Waals surface area contributed by atoms with E-state index in [-0.39, 0.29) is 56.5 Å². The van der Waals surface area contributed by atoms with E-state index in [9.17, 15) is 92.0 Å². The van der Waals surface area contributed by atoms with E-state index >= 15 is 0 Å². The number of hydrogen-bond acceptors (Lipinski definition) is 17. The van der Waals surface area contributed by atoms with Gasteiger partial charge in [-0.1, -0.05) is 12.1 Å². The molecule has 2 fully saturated rings. The number of aliphatic hydroxyl groups is 1. The molecule has 0 aromatic heterocycles. The van der Waals surface area contributed by atoms with Crippen LogP contribution in [0.5, 0.6) is 5.75 Å². The number of carbonyl (C=O) groups excluding carboxylic acids is 10. The van der Waals surface area contributed by atoms with Crippen molar-refractivity contribution in [2.24, 2.45) is 17.2 Å². The molecule has 78 heavy (non-hydrogen) atoms. The molecule has 0 saturated carbocycles. The van der Waals surface area contributed by atoms with Crippen LogP contribution in [0.3, 0.4) is 0 Å². The van der Waals surface area contributed by atoms with E-state index in [4.69, 9.17) is 22.3 Å². The number of nitrogens with one attached hydrogen (secondary N) is 6. The van der Waals surface area contributed by atoms with Crippen molar-refractivity contribution in [1.82, 2.24) is 41.7 Å². The molecule has 32 nitrogen and oxygen atoms in total. The molecule has 3 rings (SSSR count). The van der Waals surface area contributed by atoms with Crippen molar-refractivity contribution < 1.29 is 102 Å². The van der Waals surface area contributed by atoms with Gasteiger partial charge in [0, 0.05) is 45.2 Å². The highest BCUT2D eigenvalue weighted by Gasteiger charge is 2.42. The highest BCUT2D eigenvalue weighted by Crippen LogP contribution is 2.37. The molecule has 18 N–H and O–H groups in total. The van der Waals surface area contributed by atoms with Crippen LogP contribution in [-0.2, 0) is 73.3 Å². The molecular formula is C45H66N11O21P. The van der Waals surface area contributed by atoms with Crippen LogP contribution in [0.25, 0.3) is 0 Å². The monoisotopic (exact) mass is 1130 g/mol. The third kappa shape index (κ3) is 21.3. The van der Waals surface area contributed by atoms with Crippen molar-refractivity contribution in [3.63, 3.8) is 0 Å². The lowest BCUT2D eigenvalue weighted by Gasteiger charge is -2.31. The van der Waals surface area contributed by atoms with Gasteiger partial charge in [-0.25, -0.2) is 4.57 Å². The molecule has 432 valence electrons. The normalized spacial score (nSPS) is 17.8. The Kier molecular flexibility index (Phi) is 25.0. The van der Waals surface area contributed by atoms with Crippen molar-refractivity contribution >= 4 is 84.8 Å². The van der Waals surface area contributed by atoms with Crippen LogP contribution in [0.4, 0.5) is 0 Å². The summed E-state index contributed by atoms with van der Waals surface area (Å²) in [7, 11) is -5.04. The minimum absolute atomic E-state index is 0.0342. The molecule has 2 aliphatic heterocycles. The van der Waals surface area contributed by atoms with Crippen LogP contribution in [-0.4, -0.2) is 191 Å². The second kappa shape index (κ2) is 30.2. The van der Waals surface area contributed by atoms with E-state index in [0.29, 0.717) is 0 Å². The average molecular weight is 1130 g/mol. The molecular weight excluding hydrogens is 1060 g/mol. The molecule has 2 heterocycles. The van der Waals surface area contributed by atoms with E-state index in [2.05, 4.69) is 36.4 Å². The Morgan fingerprint density at radius 1 is 0.628 bits per heavy atom. The number of aliphatic carboxylic acids is 3. The SMILES string of the molecule is C[C@@H](O)[C@H](N)C(=O)N[C@@H](CCC(=O)O)C(=O)N1CCC[C@H]1C(=O)N[C@@H](CCC(=O)O)C(=O)N[C@@H](Cc1ccc(OP(=O)(O)O)cc1)C(=O)N[C@@H](CCC(N)=O)C(=O)N1CCC[C@H]1C(=O)NCC(=O)N[C@@H](CCC(=O)O)C(N)=O. The maximum absolute atomic E-state index is 14.4. The fourth-order valence-corrected chi connectivity index (χ4v) is 8.66. The Labute approximate surface area is 444 Å². The van der Waals surface area contributed by atoms with Gasteiger partial charge in [0.15, 0.2) is 0 Å². The molecule has 1 aromatic rings. The molecule has 0 spiro atoms. The van der Waals surface area contributed by atoms with Gasteiger partial charge in [-0.2, -0.15) is 0 Å². The number of carboxylic acid groups (broad SMARTS) is 3. The van der Waals surface area contributed by atoms with Crippen molar-refractivity contribution in [2.45, 2.75) is 145 Å². The highest BCUT2D eigenvalue weighted by atomic mass is 31.2. The topological polar surface area (TPSA) is 526 Å². The first-order chi connectivity index (χ1) is 36.5.